The predicted octanol–water partition coefficient (Wildman–Crippen LogP) is 0.336. The second kappa shape index (κ2) is 6.93. The van der Waals surface area contributed by atoms with Crippen LogP contribution in [-0.4, -0.2) is 54.9 Å². The number of amides is 1. The first kappa shape index (κ1) is 17.8. The van der Waals surface area contributed by atoms with E-state index in [0.29, 0.717) is 24.5 Å². The van der Waals surface area contributed by atoms with Crippen LogP contribution in [0.25, 0.3) is 0 Å². The van der Waals surface area contributed by atoms with Crippen LogP contribution in [0.1, 0.15) is 18.4 Å². The highest BCUT2D eigenvalue weighted by Gasteiger charge is 2.58. The molecule has 1 aromatic carbocycles. The lowest BCUT2D eigenvalue weighted by Crippen LogP contribution is -2.58. The molecule has 8 nitrogen and oxygen atoms in total. The molecular weight excluding hydrogens is 324 g/mol. The zero-order valence-corrected chi connectivity index (χ0v) is 13.5. The summed E-state index contributed by atoms with van der Waals surface area (Å²) in [6.45, 7) is 0.534. The average Bonchev–Trinajstić information content (AvgIpc) is 2.95. The van der Waals surface area contributed by atoms with Gasteiger partial charge in [-0.3, -0.25) is 10.0 Å². The maximum absolute atomic E-state index is 12.9. The van der Waals surface area contributed by atoms with Gasteiger partial charge in [-0.25, -0.2) is 13.9 Å². The lowest BCUT2D eigenvalue weighted by atomic mass is 10.2. The molecule has 0 bridgehead atoms. The molecule has 1 aliphatic rings. The standard InChI is InChI=1S/C14H20N2O6S/c1-22-10-7-11-3-5-12(6-4-11)23(20,21)14(13(17)15-18)8-2-9-16(14)19/h3-6,18-19H,2,7-10H2,1H3,(H,15,17). The van der Waals surface area contributed by atoms with Gasteiger partial charge in [0.2, 0.25) is 14.7 Å². The number of nitrogens with zero attached hydrogens (tertiary/aromatic N) is 1. The Morgan fingerprint density at radius 1 is 1.39 bits per heavy atom. The van der Waals surface area contributed by atoms with Gasteiger partial charge < -0.3 is 9.94 Å². The van der Waals surface area contributed by atoms with Crippen LogP contribution in [0.4, 0.5) is 0 Å². The Kier molecular flexibility index (Phi) is 5.37. The molecular formula is C14H20N2O6S. The van der Waals surface area contributed by atoms with E-state index in [1.807, 2.05) is 0 Å². The molecule has 0 saturated carbocycles. The Morgan fingerprint density at radius 2 is 2.04 bits per heavy atom. The summed E-state index contributed by atoms with van der Waals surface area (Å²) in [7, 11) is -2.65. The van der Waals surface area contributed by atoms with Crippen molar-refractivity contribution in [2.45, 2.75) is 29.0 Å². The van der Waals surface area contributed by atoms with Gasteiger partial charge in [-0.15, -0.1) is 0 Å². The number of sulfone groups is 1. The van der Waals surface area contributed by atoms with E-state index in [2.05, 4.69) is 0 Å². The van der Waals surface area contributed by atoms with E-state index in [4.69, 9.17) is 9.94 Å². The van der Waals surface area contributed by atoms with Crippen molar-refractivity contribution in [3.8, 4) is 0 Å². The summed E-state index contributed by atoms with van der Waals surface area (Å²) in [5, 5.41) is 19.4. The summed E-state index contributed by atoms with van der Waals surface area (Å²) in [6, 6.07) is 6.04. The second-order valence-corrected chi connectivity index (χ2v) is 7.50. The molecule has 3 N–H and O–H groups in total. The van der Waals surface area contributed by atoms with E-state index in [1.54, 1.807) is 19.2 Å². The minimum Gasteiger partial charge on any atom is -0.384 e. The second-order valence-electron chi connectivity index (χ2n) is 5.34. The molecule has 1 aliphatic heterocycles. The fraction of sp³-hybridized carbons (Fsp3) is 0.500. The highest BCUT2D eigenvalue weighted by Crippen LogP contribution is 2.37. The van der Waals surface area contributed by atoms with E-state index in [9.17, 15) is 18.4 Å². The van der Waals surface area contributed by atoms with Gasteiger partial charge in [-0.1, -0.05) is 12.1 Å². The van der Waals surface area contributed by atoms with Gasteiger partial charge in [-0.2, -0.15) is 5.06 Å². The van der Waals surface area contributed by atoms with Crippen LogP contribution in [0.2, 0.25) is 0 Å². The quantitative estimate of drug-likeness (QED) is 0.503. The lowest BCUT2D eigenvalue weighted by Gasteiger charge is -2.31. The number of methoxy groups -OCH3 is 1. The van der Waals surface area contributed by atoms with E-state index in [1.165, 1.54) is 17.6 Å². The Labute approximate surface area is 134 Å². The van der Waals surface area contributed by atoms with Gasteiger partial charge in [0, 0.05) is 13.7 Å². The molecule has 1 atom stereocenters. The molecule has 0 radical (unpaired) electrons. The van der Waals surface area contributed by atoms with Crippen molar-refractivity contribution >= 4 is 15.7 Å². The summed E-state index contributed by atoms with van der Waals surface area (Å²) in [5.41, 5.74) is 2.24. The number of hydroxylamine groups is 3. The van der Waals surface area contributed by atoms with Crippen molar-refractivity contribution in [2.24, 2.45) is 0 Å². The summed E-state index contributed by atoms with van der Waals surface area (Å²) < 4.78 is 30.8. The van der Waals surface area contributed by atoms with E-state index >= 15 is 0 Å². The third-order valence-electron chi connectivity index (χ3n) is 4.03. The molecule has 1 heterocycles. The van der Waals surface area contributed by atoms with E-state index in [0.717, 1.165) is 5.56 Å². The molecule has 0 spiro atoms. The van der Waals surface area contributed by atoms with Crippen molar-refractivity contribution in [3.05, 3.63) is 29.8 Å². The summed E-state index contributed by atoms with van der Waals surface area (Å²) in [4.78, 5) is 9.71. The van der Waals surface area contributed by atoms with Crippen molar-refractivity contribution in [1.29, 1.82) is 0 Å². The molecule has 1 fully saturated rings. The molecule has 0 aliphatic carbocycles. The van der Waals surface area contributed by atoms with Gasteiger partial charge in [0.05, 0.1) is 11.5 Å². The molecule has 1 saturated heterocycles. The summed E-state index contributed by atoms with van der Waals surface area (Å²) >= 11 is 0. The summed E-state index contributed by atoms with van der Waals surface area (Å²) in [6.07, 6.45) is 0.837. The average molecular weight is 344 g/mol. The van der Waals surface area contributed by atoms with Crippen LogP contribution >= 0.6 is 0 Å². The zero-order valence-electron chi connectivity index (χ0n) is 12.7. The minimum absolute atomic E-state index is 0.0264. The molecule has 128 valence electrons. The van der Waals surface area contributed by atoms with Crippen molar-refractivity contribution in [1.82, 2.24) is 10.5 Å². The first-order chi connectivity index (χ1) is 10.9. The summed E-state index contributed by atoms with van der Waals surface area (Å²) in [5.74, 6) is -1.17. The maximum Gasteiger partial charge on any atom is 0.282 e. The topological polar surface area (TPSA) is 116 Å². The van der Waals surface area contributed by atoms with Crippen molar-refractivity contribution in [3.63, 3.8) is 0 Å². The highest BCUT2D eigenvalue weighted by molar-refractivity contribution is 7.93. The van der Waals surface area contributed by atoms with Crippen LogP contribution in [0, 0.1) is 0 Å². The number of hydrogen-bond acceptors (Lipinski definition) is 7. The Bertz CT molecular complexity index is 660. The minimum atomic E-state index is -4.23. The van der Waals surface area contributed by atoms with E-state index in [-0.39, 0.29) is 17.9 Å². The van der Waals surface area contributed by atoms with Crippen LogP contribution in [0.5, 0.6) is 0 Å². The first-order valence-electron chi connectivity index (χ1n) is 7.13. The van der Waals surface area contributed by atoms with Crippen molar-refractivity contribution < 1.29 is 28.4 Å². The number of hydrogen-bond donors (Lipinski definition) is 3. The molecule has 9 heteroatoms. The first-order valence-corrected chi connectivity index (χ1v) is 8.62. The zero-order chi connectivity index (χ0) is 17.1. The SMILES string of the molecule is COCCc1ccc(S(=O)(=O)C2(C(=O)NO)CCCN2O)cc1. The molecule has 2 rings (SSSR count). The number of benzene rings is 1. The van der Waals surface area contributed by atoms with Crippen molar-refractivity contribution in [2.75, 3.05) is 20.3 Å². The molecule has 0 aromatic heterocycles. The van der Waals surface area contributed by atoms with Gasteiger partial charge in [0.1, 0.15) is 0 Å². The molecule has 23 heavy (non-hydrogen) atoms. The van der Waals surface area contributed by atoms with Gasteiger partial charge in [0.25, 0.3) is 5.91 Å². The number of ether oxygens (including phenoxy) is 1. The van der Waals surface area contributed by atoms with Crippen LogP contribution in [0.15, 0.2) is 29.2 Å². The number of rotatable bonds is 6. The van der Waals surface area contributed by atoms with Gasteiger partial charge in [-0.05, 0) is 37.0 Å². The van der Waals surface area contributed by atoms with Gasteiger partial charge in [0.15, 0.2) is 0 Å². The largest absolute Gasteiger partial charge is 0.384 e. The number of carbonyl (C=O) groups is 1. The predicted molar refractivity (Wildman–Crippen MR) is 79.6 cm³/mol. The third-order valence-corrected chi connectivity index (χ3v) is 6.41. The molecule has 1 aromatic rings. The van der Waals surface area contributed by atoms with Gasteiger partial charge >= 0.3 is 0 Å². The highest BCUT2D eigenvalue weighted by atomic mass is 32.2. The maximum atomic E-state index is 12.9. The Hall–Kier alpha value is -1.52. The van der Waals surface area contributed by atoms with Crippen LogP contribution in [-0.2, 0) is 25.8 Å². The Balaban J connectivity index is 2.41. The van der Waals surface area contributed by atoms with Crippen LogP contribution in [0.3, 0.4) is 0 Å². The fourth-order valence-electron chi connectivity index (χ4n) is 2.74. The smallest absolute Gasteiger partial charge is 0.282 e. The Morgan fingerprint density at radius 3 is 2.52 bits per heavy atom. The van der Waals surface area contributed by atoms with E-state index < -0.39 is 20.6 Å². The fourth-order valence-corrected chi connectivity index (χ4v) is 4.70. The van der Waals surface area contributed by atoms with Crippen LogP contribution < -0.4 is 5.48 Å². The molecule has 1 amide bonds. The number of nitrogens with one attached hydrogen (secondary N) is 1. The normalized spacial score (nSPS) is 22.2. The lowest BCUT2D eigenvalue weighted by molar-refractivity contribution is -0.160. The number of carbonyl (C=O) groups excluding carboxylic acids is 1. The monoisotopic (exact) mass is 344 g/mol. The molecule has 1 unspecified atom stereocenters. The third kappa shape index (κ3) is 2.98.